The molecule has 0 aliphatic heterocycles. The van der Waals surface area contributed by atoms with Gasteiger partial charge in [0.2, 0.25) is 0 Å². The molecule has 0 fully saturated rings. The zero-order valence-corrected chi connectivity index (χ0v) is 6.28. The number of fused-ring (bicyclic) bond motifs is 1. The van der Waals surface area contributed by atoms with E-state index in [1.54, 1.807) is 16.8 Å². The highest BCUT2D eigenvalue weighted by Gasteiger charge is 2.00. The second-order valence-electron chi connectivity index (χ2n) is 2.15. The predicted molar refractivity (Wildman–Crippen MR) is 42.4 cm³/mol. The Labute approximate surface area is 67.6 Å². The van der Waals surface area contributed by atoms with E-state index in [0.717, 1.165) is 5.52 Å². The molecule has 2 aromatic rings. The quantitative estimate of drug-likeness (QED) is 0.638. The minimum atomic E-state index is 0.414. The second-order valence-corrected chi connectivity index (χ2v) is 2.51. The normalized spacial score (nSPS) is 10.6. The Kier molecular flexibility index (Phi) is 1.22. The first-order chi connectivity index (χ1) is 5.27. The third kappa shape index (κ3) is 0.914. The Morgan fingerprint density at radius 1 is 1.55 bits per heavy atom. The smallest absolute Gasteiger partial charge is 0.156 e. The van der Waals surface area contributed by atoms with Crippen LogP contribution in [0.15, 0.2) is 18.6 Å². The van der Waals surface area contributed by atoms with Gasteiger partial charge in [-0.1, -0.05) is 11.6 Å². The van der Waals surface area contributed by atoms with Crippen molar-refractivity contribution >= 4 is 22.8 Å². The number of aromatic nitrogens is 3. The lowest BCUT2D eigenvalue weighted by atomic mass is 10.5. The monoisotopic (exact) mass is 168 g/mol. The van der Waals surface area contributed by atoms with Gasteiger partial charge in [0.1, 0.15) is 11.8 Å². The summed E-state index contributed by atoms with van der Waals surface area (Å²) in [6, 6.07) is 1.72. The van der Waals surface area contributed by atoms with Gasteiger partial charge in [-0.2, -0.15) is 5.10 Å². The molecule has 0 atom stereocenters. The molecule has 0 unspecified atom stereocenters. The summed E-state index contributed by atoms with van der Waals surface area (Å²) in [5, 5.41) is 4.32. The molecule has 0 saturated carbocycles. The van der Waals surface area contributed by atoms with Crippen molar-refractivity contribution in [3.05, 3.63) is 23.7 Å². The van der Waals surface area contributed by atoms with E-state index < -0.39 is 0 Å². The lowest BCUT2D eigenvalue weighted by Gasteiger charge is -1.91. The van der Waals surface area contributed by atoms with Gasteiger partial charge in [-0.05, 0) is 6.07 Å². The summed E-state index contributed by atoms with van der Waals surface area (Å²) in [4.78, 5) is 3.80. The first-order valence-electron chi connectivity index (χ1n) is 3.02. The Hall–Kier alpha value is -1.29. The van der Waals surface area contributed by atoms with Gasteiger partial charge < -0.3 is 5.73 Å². The fourth-order valence-corrected chi connectivity index (χ4v) is 1.10. The van der Waals surface area contributed by atoms with Gasteiger partial charge in [0.15, 0.2) is 5.15 Å². The van der Waals surface area contributed by atoms with Gasteiger partial charge in [0.05, 0.1) is 11.9 Å². The molecule has 2 rings (SSSR count). The van der Waals surface area contributed by atoms with E-state index >= 15 is 0 Å². The van der Waals surface area contributed by atoms with Crippen LogP contribution in [0.2, 0.25) is 5.15 Å². The fourth-order valence-electron chi connectivity index (χ4n) is 0.920. The van der Waals surface area contributed by atoms with Crippen LogP contribution < -0.4 is 5.73 Å². The number of nitrogens with two attached hydrogens (primary N) is 1. The summed E-state index contributed by atoms with van der Waals surface area (Å²) in [6.45, 7) is 0. The van der Waals surface area contributed by atoms with Gasteiger partial charge >= 0.3 is 0 Å². The molecule has 4 nitrogen and oxygen atoms in total. The molecule has 0 aliphatic carbocycles. The van der Waals surface area contributed by atoms with Crippen LogP contribution in [0.1, 0.15) is 0 Å². The summed E-state index contributed by atoms with van der Waals surface area (Å²) < 4.78 is 1.59. The van der Waals surface area contributed by atoms with Gasteiger partial charge in [-0.3, -0.25) is 0 Å². The van der Waals surface area contributed by atoms with Crippen LogP contribution in [-0.2, 0) is 0 Å². The minimum absolute atomic E-state index is 0.414. The van der Waals surface area contributed by atoms with E-state index in [0.29, 0.717) is 10.8 Å². The molecule has 0 bridgehead atoms. The standard InChI is InChI=1S/C6H5ClN4/c7-6-5-1-4(8)2-11(5)10-3-9-6/h1-3H,8H2. The maximum atomic E-state index is 5.74. The largest absolute Gasteiger partial charge is 0.397 e. The van der Waals surface area contributed by atoms with Crippen LogP contribution >= 0.6 is 11.6 Å². The number of anilines is 1. The maximum absolute atomic E-state index is 5.74. The second kappa shape index (κ2) is 2.10. The zero-order valence-electron chi connectivity index (χ0n) is 5.53. The van der Waals surface area contributed by atoms with Crippen molar-refractivity contribution in [3.8, 4) is 0 Å². The van der Waals surface area contributed by atoms with Crippen LogP contribution in [0.5, 0.6) is 0 Å². The van der Waals surface area contributed by atoms with E-state index in [2.05, 4.69) is 10.1 Å². The molecule has 0 radical (unpaired) electrons. The topological polar surface area (TPSA) is 56.2 Å². The van der Waals surface area contributed by atoms with Crippen LogP contribution in [0.4, 0.5) is 5.69 Å². The van der Waals surface area contributed by atoms with Crippen LogP contribution in [-0.4, -0.2) is 14.6 Å². The van der Waals surface area contributed by atoms with Crippen LogP contribution in [0.3, 0.4) is 0 Å². The predicted octanol–water partition coefficient (Wildman–Crippen LogP) is 0.965. The van der Waals surface area contributed by atoms with E-state index in [1.807, 2.05) is 0 Å². The molecule has 0 aromatic carbocycles. The molecule has 2 N–H and O–H groups in total. The highest BCUT2D eigenvalue weighted by molar-refractivity contribution is 6.32. The molecule has 0 amide bonds. The molecular weight excluding hydrogens is 164 g/mol. The van der Waals surface area contributed by atoms with Crippen molar-refractivity contribution < 1.29 is 0 Å². The van der Waals surface area contributed by atoms with Crippen LogP contribution in [0, 0.1) is 0 Å². The Morgan fingerprint density at radius 2 is 2.36 bits per heavy atom. The van der Waals surface area contributed by atoms with Crippen molar-refractivity contribution in [2.75, 3.05) is 5.73 Å². The zero-order chi connectivity index (χ0) is 7.84. The molecule has 56 valence electrons. The Bertz CT molecular complexity index is 394. The van der Waals surface area contributed by atoms with Crippen molar-refractivity contribution in [3.63, 3.8) is 0 Å². The summed E-state index contributed by atoms with van der Waals surface area (Å²) in [5.41, 5.74) is 6.87. The van der Waals surface area contributed by atoms with E-state index in [4.69, 9.17) is 17.3 Å². The summed E-state index contributed by atoms with van der Waals surface area (Å²) in [7, 11) is 0. The van der Waals surface area contributed by atoms with Crippen LogP contribution in [0.25, 0.3) is 5.52 Å². The van der Waals surface area contributed by atoms with Gasteiger partial charge in [-0.15, -0.1) is 0 Å². The van der Waals surface area contributed by atoms with E-state index in [-0.39, 0.29) is 0 Å². The number of rotatable bonds is 0. The van der Waals surface area contributed by atoms with Gasteiger partial charge in [-0.25, -0.2) is 9.50 Å². The van der Waals surface area contributed by atoms with Gasteiger partial charge in [0, 0.05) is 0 Å². The van der Waals surface area contributed by atoms with E-state index in [9.17, 15) is 0 Å². The van der Waals surface area contributed by atoms with E-state index in [1.165, 1.54) is 6.33 Å². The van der Waals surface area contributed by atoms with Crippen molar-refractivity contribution in [1.29, 1.82) is 0 Å². The third-order valence-electron chi connectivity index (χ3n) is 1.38. The molecule has 0 aliphatic rings. The maximum Gasteiger partial charge on any atom is 0.156 e. The first kappa shape index (κ1) is 6.42. The van der Waals surface area contributed by atoms with Crippen molar-refractivity contribution in [2.45, 2.75) is 0 Å². The van der Waals surface area contributed by atoms with Gasteiger partial charge in [0.25, 0.3) is 0 Å². The summed E-state index contributed by atoms with van der Waals surface area (Å²) in [5.74, 6) is 0. The fraction of sp³-hybridized carbons (Fsp3) is 0. The molecule has 0 saturated heterocycles. The summed E-state index contributed by atoms with van der Waals surface area (Å²) in [6.07, 6.45) is 3.07. The third-order valence-corrected chi connectivity index (χ3v) is 1.67. The minimum Gasteiger partial charge on any atom is -0.397 e. The Balaban J connectivity index is 2.90. The number of hydrogen-bond acceptors (Lipinski definition) is 3. The Morgan fingerprint density at radius 3 is 3.09 bits per heavy atom. The SMILES string of the molecule is Nc1cc2c(Cl)ncnn2c1. The summed E-state index contributed by atoms with van der Waals surface area (Å²) >= 11 is 5.74. The number of nitrogen functional groups attached to an aromatic ring is 1. The molecule has 2 aromatic heterocycles. The van der Waals surface area contributed by atoms with Crippen molar-refractivity contribution in [2.24, 2.45) is 0 Å². The highest BCUT2D eigenvalue weighted by Crippen LogP contribution is 2.16. The molecule has 2 heterocycles. The lowest BCUT2D eigenvalue weighted by molar-refractivity contribution is 0.904. The number of halogens is 1. The average molecular weight is 169 g/mol. The molecule has 11 heavy (non-hydrogen) atoms. The number of nitrogens with zero attached hydrogens (tertiary/aromatic N) is 3. The first-order valence-corrected chi connectivity index (χ1v) is 3.39. The molecular formula is C6H5ClN4. The lowest BCUT2D eigenvalue weighted by Crippen LogP contribution is -1.90. The molecule has 0 spiro atoms. The number of hydrogen-bond donors (Lipinski definition) is 1. The average Bonchev–Trinajstić information content (AvgIpc) is 2.31. The van der Waals surface area contributed by atoms with Crippen molar-refractivity contribution in [1.82, 2.24) is 14.6 Å². The molecule has 5 heteroatoms. The highest BCUT2D eigenvalue weighted by atomic mass is 35.5.